The van der Waals surface area contributed by atoms with Crippen LogP contribution >= 0.6 is 0 Å². The molecule has 1 fully saturated rings. The van der Waals surface area contributed by atoms with Crippen molar-refractivity contribution in [2.75, 3.05) is 18.4 Å². The highest BCUT2D eigenvalue weighted by molar-refractivity contribution is 5.88. The maximum Gasteiger partial charge on any atom is 0.335 e. The lowest BCUT2D eigenvalue weighted by Crippen LogP contribution is -2.30. The van der Waals surface area contributed by atoms with Crippen molar-refractivity contribution in [3.8, 4) is 0 Å². The molecule has 3 N–H and O–H groups in total. The van der Waals surface area contributed by atoms with E-state index in [1.165, 1.54) is 6.07 Å². The van der Waals surface area contributed by atoms with E-state index < -0.39 is 5.97 Å². The van der Waals surface area contributed by atoms with Gasteiger partial charge in [0.05, 0.1) is 5.56 Å². The van der Waals surface area contributed by atoms with E-state index in [9.17, 15) is 9.59 Å². The standard InChI is InChI=1S/C14H19N3O3/c1-2-11-7-10(14(19)20)8-12(17-11)15-5-6-16-13(18)9-3-4-9/h7-9H,2-6H2,1H3,(H,15,17)(H,16,18)(H,19,20). The average molecular weight is 277 g/mol. The number of nitrogens with one attached hydrogen (secondary N) is 2. The summed E-state index contributed by atoms with van der Waals surface area (Å²) in [4.78, 5) is 26.7. The molecule has 0 aliphatic heterocycles. The number of hydrogen-bond acceptors (Lipinski definition) is 4. The second-order valence-electron chi connectivity index (χ2n) is 4.88. The molecule has 1 aromatic heterocycles. The molecule has 20 heavy (non-hydrogen) atoms. The first-order chi connectivity index (χ1) is 9.60. The second kappa shape index (κ2) is 6.36. The lowest BCUT2D eigenvalue weighted by atomic mass is 10.2. The van der Waals surface area contributed by atoms with Crippen LogP contribution in [0.25, 0.3) is 0 Å². The summed E-state index contributed by atoms with van der Waals surface area (Å²) in [5.41, 5.74) is 0.954. The largest absolute Gasteiger partial charge is 0.478 e. The van der Waals surface area contributed by atoms with Gasteiger partial charge >= 0.3 is 5.97 Å². The van der Waals surface area contributed by atoms with Gasteiger partial charge in [-0.1, -0.05) is 6.92 Å². The highest BCUT2D eigenvalue weighted by Crippen LogP contribution is 2.28. The van der Waals surface area contributed by atoms with Crippen LogP contribution in [0.1, 0.15) is 35.8 Å². The Morgan fingerprint density at radius 3 is 2.70 bits per heavy atom. The highest BCUT2D eigenvalue weighted by Gasteiger charge is 2.28. The van der Waals surface area contributed by atoms with Gasteiger partial charge in [0.15, 0.2) is 0 Å². The zero-order chi connectivity index (χ0) is 14.5. The summed E-state index contributed by atoms with van der Waals surface area (Å²) in [6.45, 7) is 2.96. The number of carbonyl (C=O) groups is 2. The zero-order valence-electron chi connectivity index (χ0n) is 11.5. The Hall–Kier alpha value is -2.11. The third-order valence-corrected chi connectivity index (χ3v) is 3.17. The van der Waals surface area contributed by atoms with Crippen LogP contribution in [0, 0.1) is 5.92 Å². The molecule has 0 bridgehead atoms. The first-order valence-electron chi connectivity index (χ1n) is 6.86. The van der Waals surface area contributed by atoms with E-state index in [0.717, 1.165) is 18.5 Å². The van der Waals surface area contributed by atoms with Gasteiger partial charge in [0.2, 0.25) is 5.91 Å². The Balaban J connectivity index is 1.86. The summed E-state index contributed by atoms with van der Waals surface area (Å²) in [6, 6.07) is 3.08. The molecular formula is C14H19N3O3. The molecule has 6 heteroatoms. The molecular weight excluding hydrogens is 258 g/mol. The number of aryl methyl sites for hydroxylation is 1. The fraction of sp³-hybridized carbons (Fsp3) is 0.500. The fourth-order valence-electron chi connectivity index (χ4n) is 1.85. The number of carboxylic acids is 1. The Bertz CT molecular complexity index is 512. The summed E-state index contributed by atoms with van der Waals surface area (Å²) in [5, 5.41) is 14.9. The number of amides is 1. The monoisotopic (exact) mass is 277 g/mol. The van der Waals surface area contributed by atoms with Crippen molar-refractivity contribution in [2.24, 2.45) is 5.92 Å². The first kappa shape index (κ1) is 14.3. The molecule has 1 aliphatic rings. The zero-order valence-corrected chi connectivity index (χ0v) is 11.5. The Morgan fingerprint density at radius 2 is 2.10 bits per heavy atom. The van der Waals surface area contributed by atoms with Crippen molar-refractivity contribution in [1.82, 2.24) is 10.3 Å². The van der Waals surface area contributed by atoms with E-state index in [2.05, 4.69) is 15.6 Å². The van der Waals surface area contributed by atoms with Gasteiger partial charge in [-0.25, -0.2) is 9.78 Å². The van der Waals surface area contributed by atoms with Crippen molar-refractivity contribution in [3.05, 3.63) is 23.4 Å². The number of pyridine rings is 1. The summed E-state index contributed by atoms with van der Waals surface area (Å²) in [7, 11) is 0. The van der Waals surface area contributed by atoms with Gasteiger partial charge in [0.25, 0.3) is 0 Å². The van der Waals surface area contributed by atoms with Crippen LogP contribution in [0.2, 0.25) is 0 Å². The molecule has 1 saturated carbocycles. The van der Waals surface area contributed by atoms with Crippen LogP contribution in [0.4, 0.5) is 5.82 Å². The molecule has 2 rings (SSSR count). The average Bonchev–Trinajstić information content (AvgIpc) is 3.27. The van der Waals surface area contributed by atoms with Crippen molar-refractivity contribution in [2.45, 2.75) is 26.2 Å². The predicted molar refractivity (Wildman–Crippen MR) is 74.8 cm³/mol. The van der Waals surface area contributed by atoms with E-state index >= 15 is 0 Å². The van der Waals surface area contributed by atoms with E-state index in [1.54, 1.807) is 6.07 Å². The maximum absolute atomic E-state index is 11.4. The number of carbonyl (C=O) groups excluding carboxylic acids is 1. The molecule has 1 amide bonds. The minimum Gasteiger partial charge on any atom is -0.478 e. The number of anilines is 1. The molecule has 0 atom stereocenters. The maximum atomic E-state index is 11.4. The molecule has 0 spiro atoms. The van der Waals surface area contributed by atoms with Gasteiger partial charge in [-0.3, -0.25) is 4.79 Å². The molecule has 1 aliphatic carbocycles. The predicted octanol–water partition coefficient (Wildman–Crippen LogP) is 1.28. The molecule has 0 radical (unpaired) electrons. The van der Waals surface area contributed by atoms with Gasteiger partial charge in [0, 0.05) is 24.7 Å². The third kappa shape index (κ3) is 3.94. The quantitative estimate of drug-likeness (QED) is 0.653. The van der Waals surface area contributed by atoms with Gasteiger partial charge in [0.1, 0.15) is 5.82 Å². The van der Waals surface area contributed by atoms with Crippen LogP contribution in [-0.4, -0.2) is 35.1 Å². The van der Waals surface area contributed by atoms with Gasteiger partial charge in [-0.2, -0.15) is 0 Å². The number of aromatic nitrogens is 1. The Labute approximate surface area is 117 Å². The second-order valence-corrected chi connectivity index (χ2v) is 4.88. The Morgan fingerprint density at radius 1 is 1.35 bits per heavy atom. The van der Waals surface area contributed by atoms with Crippen molar-refractivity contribution in [1.29, 1.82) is 0 Å². The molecule has 108 valence electrons. The van der Waals surface area contributed by atoms with E-state index in [0.29, 0.717) is 25.3 Å². The van der Waals surface area contributed by atoms with E-state index in [1.807, 2.05) is 6.92 Å². The molecule has 0 aromatic carbocycles. The number of aromatic carboxylic acids is 1. The third-order valence-electron chi connectivity index (χ3n) is 3.17. The fourth-order valence-corrected chi connectivity index (χ4v) is 1.85. The summed E-state index contributed by atoms with van der Waals surface area (Å²) < 4.78 is 0. The van der Waals surface area contributed by atoms with Gasteiger partial charge in [-0.05, 0) is 31.4 Å². The Kier molecular flexibility index (Phi) is 4.55. The van der Waals surface area contributed by atoms with Crippen LogP contribution < -0.4 is 10.6 Å². The number of hydrogen-bond donors (Lipinski definition) is 3. The van der Waals surface area contributed by atoms with Crippen LogP contribution in [0.5, 0.6) is 0 Å². The molecule has 0 unspecified atom stereocenters. The number of nitrogens with zero attached hydrogens (tertiary/aromatic N) is 1. The van der Waals surface area contributed by atoms with Gasteiger partial charge < -0.3 is 15.7 Å². The lowest BCUT2D eigenvalue weighted by molar-refractivity contribution is -0.122. The van der Waals surface area contributed by atoms with E-state index in [4.69, 9.17) is 5.11 Å². The smallest absolute Gasteiger partial charge is 0.335 e. The van der Waals surface area contributed by atoms with Gasteiger partial charge in [-0.15, -0.1) is 0 Å². The molecule has 1 heterocycles. The SMILES string of the molecule is CCc1cc(C(=O)O)cc(NCCNC(=O)C2CC2)n1. The van der Waals surface area contributed by atoms with Crippen LogP contribution in [-0.2, 0) is 11.2 Å². The summed E-state index contributed by atoms with van der Waals surface area (Å²) in [5.74, 6) is -0.127. The number of carboxylic acid groups (broad SMARTS) is 1. The molecule has 0 saturated heterocycles. The van der Waals surface area contributed by atoms with Crippen LogP contribution in [0.3, 0.4) is 0 Å². The normalized spacial score (nSPS) is 13.8. The highest BCUT2D eigenvalue weighted by atomic mass is 16.4. The first-order valence-corrected chi connectivity index (χ1v) is 6.86. The minimum atomic E-state index is -0.966. The minimum absolute atomic E-state index is 0.105. The number of rotatable bonds is 7. The van der Waals surface area contributed by atoms with Crippen molar-refractivity contribution < 1.29 is 14.7 Å². The topological polar surface area (TPSA) is 91.3 Å². The lowest BCUT2D eigenvalue weighted by Gasteiger charge is -2.09. The molecule has 6 nitrogen and oxygen atoms in total. The van der Waals surface area contributed by atoms with E-state index in [-0.39, 0.29) is 17.4 Å². The van der Waals surface area contributed by atoms with Crippen LogP contribution in [0.15, 0.2) is 12.1 Å². The summed E-state index contributed by atoms with van der Waals surface area (Å²) >= 11 is 0. The molecule has 1 aromatic rings. The van der Waals surface area contributed by atoms with Crippen molar-refractivity contribution in [3.63, 3.8) is 0 Å². The summed E-state index contributed by atoms with van der Waals surface area (Å²) in [6.07, 6.45) is 2.65. The van der Waals surface area contributed by atoms with Crippen molar-refractivity contribution >= 4 is 17.7 Å².